The maximum atomic E-state index is 12.7. The zero-order chi connectivity index (χ0) is 20.9. The topological polar surface area (TPSA) is 46.8 Å². The van der Waals surface area contributed by atoms with Gasteiger partial charge in [0.1, 0.15) is 5.75 Å². The van der Waals surface area contributed by atoms with Crippen molar-refractivity contribution in [2.24, 2.45) is 5.10 Å². The van der Waals surface area contributed by atoms with Crippen LogP contribution >= 0.6 is 0 Å². The molecular formula is C26H21N3O2. The van der Waals surface area contributed by atoms with Gasteiger partial charge in [-0.3, -0.25) is 9.36 Å². The van der Waals surface area contributed by atoms with Gasteiger partial charge in [-0.15, -0.1) is 0 Å². The minimum Gasteiger partial charge on any atom is -0.463 e. The van der Waals surface area contributed by atoms with E-state index in [1.54, 1.807) is 11.5 Å². The van der Waals surface area contributed by atoms with Crippen LogP contribution in [0.4, 0.5) is 0 Å². The lowest BCUT2D eigenvalue weighted by Gasteiger charge is -2.38. The minimum absolute atomic E-state index is 0.0401. The van der Waals surface area contributed by atoms with E-state index in [-0.39, 0.29) is 11.9 Å². The van der Waals surface area contributed by atoms with Crippen molar-refractivity contribution in [1.29, 1.82) is 0 Å². The second kappa shape index (κ2) is 6.84. The molecule has 0 spiro atoms. The lowest BCUT2D eigenvalue weighted by atomic mass is 9.96. The predicted molar refractivity (Wildman–Crippen MR) is 120 cm³/mol. The number of carbonyl (C=O) groups is 1. The molecule has 31 heavy (non-hydrogen) atoms. The van der Waals surface area contributed by atoms with Crippen LogP contribution in [0.3, 0.4) is 0 Å². The average molecular weight is 407 g/mol. The Bertz CT molecular complexity index is 1340. The van der Waals surface area contributed by atoms with E-state index in [9.17, 15) is 4.79 Å². The number of hydrogen-bond donors (Lipinski definition) is 0. The Morgan fingerprint density at radius 3 is 2.55 bits per heavy atom. The number of ether oxygens (including phenoxy) is 1. The summed E-state index contributed by atoms with van der Waals surface area (Å²) in [7, 11) is 0. The highest BCUT2D eigenvalue weighted by Crippen LogP contribution is 2.48. The van der Waals surface area contributed by atoms with Crippen molar-refractivity contribution in [1.82, 2.24) is 9.58 Å². The number of para-hydroxylation sites is 2. The predicted octanol–water partition coefficient (Wildman–Crippen LogP) is 5.54. The van der Waals surface area contributed by atoms with Crippen LogP contribution in [0.25, 0.3) is 10.9 Å². The van der Waals surface area contributed by atoms with E-state index in [4.69, 9.17) is 9.84 Å². The van der Waals surface area contributed by atoms with Crippen molar-refractivity contribution < 1.29 is 9.53 Å². The lowest BCUT2D eigenvalue weighted by Crippen LogP contribution is -2.35. The summed E-state index contributed by atoms with van der Waals surface area (Å²) in [5, 5.41) is 8.05. The molecule has 2 atom stereocenters. The van der Waals surface area contributed by atoms with Crippen LogP contribution in [-0.2, 0) is 0 Å². The molecule has 0 aliphatic carbocycles. The molecule has 0 bridgehead atoms. The van der Waals surface area contributed by atoms with Gasteiger partial charge in [-0.25, -0.2) is 5.01 Å². The first-order chi connectivity index (χ1) is 15.2. The van der Waals surface area contributed by atoms with Gasteiger partial charge >= 0.3 is 0 Å². The molecule has 0 fully saturated rings. The van der Waals surface area contributed by atoms with E-state index < -0.39 is 6.23 Å². The number of aromatic nitrogens is 1. The molecule has 6 rings (SSSR count). The molecule has 5 heteroatoms. The second-order valence-corrected chi connectivity index (χ2v) is 8.00. The third kappa shape index (κ3) is 2.77. The van der Waals surface area contributed by atoms with Crippen molar-refractivity contribution >= 4 is 22.5 Å². The number of carbonyl (C=O) groups excluding carboxylic acids is 1. The molecule has 0 saturated carbocycles. The number of hydrogen-bond acceptors (Lipinski definition) is 4. The van der Waals surface area contributed by atoms with Crippen molar-refractivity contribution in [3.8, 4) is 5.75 Å². The fraction of sp³-hybridized carbons (Fsp3) is 0.154. The van der Waals surface area contributed by atoms with Crippen molar-refractivity contribution in [3.63, 3.8) is 0 Å². The van der Waals surface area contributed by atoms with Crippen LogP contribution < -0.4 is 4.74 Å². The third-order valence-electron chi connectivity index (χ3n) is 6.11. The fourth-order valence-electron chi connectivity index (χ4n) is 4.74. The molecule has 2 aliphatic rings. The molecule has 0 amide bonds. The lowest BCUT2D eigenvalue weighted by molar-refractivity contribution is -0.0232. The summed E-state index contributed by atoms with van der Waals surface area (Å²) in [6, 6.07) is 28.4. The number of nitrogens with zero attached hydrogens (tertiary/aromatic N) is 3. The highest BCUT2D eigenvalue weighted by atomic mass is 16.5. The summed E-state index contributed by atoms with van der Waals surface area (Å²) >= 11 is 0. The van der Waals surface area contributed by atoms with Gasteiger partial charge in [-0.05, 0) is 23.8 Å². The van der Waals surface area contributed by atoms with Gasteiger partial charge in [0.2, 0.25) is 12.1 Å². The number of hydrazone groups is 1. The number of rotatable bonds is 2. The number of benzene rings is 3. The van der Waals surface area contributed by atoms with Crippen LogP contribution in [0.1, 0.15) is 47.2 Å². The quantitative estimate of drug-likeness (QED) is 0.438. The smallest absolute Gasteiger partial charge is 0.229 e. The highest BCUT2D eigenvalue weighted by molar-refractivity contribution is 6.02. The molecule has 152 valence electrons. The molecule has 2 aliphatic heterocycles. The second-order valence-electron chi connectivity index (χ2n) is 8.00. The van der Waals surface area contributed by atoms with E-state index >= 15 is 0 Å². The van der Waals surface area contributed by atoms with Crippen LogP contribution in [0.5, 0.6) is 5.75 Å². The van der Waals surface area contributed by atoms with E-state index in [1.165, 1.54) is 0 Å². The molecule has 0 N–H and O–H groups in total. The van der Waals surface area contributed by atoms with E-state index in [0.29, 0.717) is 0 Å². The Balaban J connectivity index is 1.54. The molecule has 0 radical (unpaired) electrons. The standard InChI is InChI=1S/C26H21N3O2/c1-17(30)28-22-13-7-5-11-19(22)15-24(28)26-29-23(20-12-6-8-14-25(20)31-26)16-21(27-29)18-9-3-2-4-10-18/h2-15,23,26H,16H2,1H3/t23-,26-/m1/s1. The summed E-state index contributed by atoms with van der Waals surface area (Å²) in [4.78, 5) is 12.7. The van der Waals surface area contributed by atoms with Gasteiger partial charge in [0, 0.05) is 24.3 Å². The Morgan fingerprint density at radius 1 is 0.968 bits per heavy atom. The summed E-state index contributed by atoms with van der Waals surface area (Å²) < 4.78 is 8.23. The van der Waals surface area contributed by atoms with E-state index in [1.807, 2.05) is 71.7 Å². The maximum absolute atomic E-state index is 12.7. The van der Waals surface area contributed by atoms with Gasteiger partial charge in [-0.1, -0.05) is 66.7 Å². The highest BCUT2D eigenvalue weighted by Gasteiger charge is 2.42. The molecule has 5 nitrogen and oxygen atoms in total. The van der Waals surface area contributed by atoms with Crippen LogP contribution in [0, 0.1) is 0 Å². The van der Waals surface area contributed by atoms with Gasteiger partial charge in [0.15, 0.2) is 0 Å². The Hall–Kier alpha value is -3.86. The van der Waals surface area contributed by atoms with Gasteiger partial charge in [-0.2, -0.15) is 5.10 Å². The monoisotopic (exact) mass is 407 g/mol. The molecule has 0 saturated heterocycles. The van der Waals surface area contributed by atoms with Crippen LogP contribution in [-0.4, -0.2) is 21.2 Å². The van der Waals surface area contributed by atoms with Crippen molar-refractivity contribution in [3.05, 3.63) is 102 Å². The normalized spacial score (nSPS) is 19.5. The van der Waals surface area contributed by atoms with Crippen LogP contribution in [0.2, 0.25) is 0 Å². The SMILES string of the molecule is CC(=O)n1c([C@H]2Oc3ccccc3[C@H]3CC(c4ccccc4)=NN32)cc2ccccc21. The zero-order valence-electron chi connectivity index (χ0n) is 17.1. The average Bonchev–Trinajstić information content (AvgIpc) is 3.42. The third-order valence-corrected chi connectivity index (χ3v) is 6.11. The molecule has 3 aromatic carbocycles. The van der Waals surface area contributed by atoms with Gasteiger partial charge in [0.05, 0.1) is 23.0 Å². The first-order valence-corrected chi connectivity index (χ1v) is 10.5. The summed E-state index contributed by atoms with van der Waals surface area (Å²) in [6.07, 6.45) is 0.304. The summed E-state index contributed by atoms with van der Waals surface area (Å²) in [5.74, 6) is 0.806. The summed E-state index contributed by atoms with van der Waals surface area (Å²) in [5.41, 5.74) is 4.95. The Morgan fingerprint density at radius 2 is 1.71 bits per heavy atom. The zero-order valence-corrected chi connectivity index (χ0v) is 17.1. The van der Waals surface area contributed by atoms with E-state index in [2.05, 4.69) is 18.2 Å². The molecule has 1 aromatic heterocycles. The largest absolute Gasteiger partial charge is 0.463 e. The van der Waals surface area contributed by atoms with Gasteiger partial charge in [0.25, 0.3) is 0 Å². The fourth-order valence-corrected chi connectivity index (χ4v) is 4.74. The molecule has 0 unspecified atom stereocenters. The van der Waals surface area contributed by atoms with Gasteiger partial charge < -0.3 is 4.74 Å². The summed E-state index contributed by atoms with van der Waals surface area (Å²) in [6.45, 7) is 1.59. The van der Waals surface area contributed by atoms with Crippen LogP contribution in [0.15, 0.2) is 90.0 Å². The molecule has 4 aromatic rings. The first-order valence-electron chi connectivity index (χ1n) is 10.5. The van der Waals surface area contributed by atoms with Crippen molar-refractivity contribution in [2.75, 3.05) is 0 Å². The Labute approximate surface area is 180 Å². The number of fused-ring (bicyclic) bond motifs is 4. The molecule has 3 heterocycles. The molecular weight excluding hydrogens is 386 g/mol. The maximum Gasteiger partial charge on any atom is 0.229 e. The van der Waals surface area contributed by atoms with Crippen molar-refractivity contribution in [2.45, 2.75) is 25.6 Å². The Kier molecular flexibility index (Phi) is 3.96. The first kappa shape index (κ1) is 18.0. The minimum atomic E-state index is -0.489. The van der Waals surface area contributed by atoms with E-state index in [0.717, 1.165) is 45.6 Å².